The Kier molecular flexibility index (Phi) is 7.08. The Morgan fingerprint density at radius 1 is 1.29 bits per heavy atom. The fourth-order valence-electron chi connectivity index (χ4n) is 2.54. The van der Waals surface area contributed by atoms with Crippen molar-refractivity contribution in [3.8, 4) is 5.75 Å². The third-order valence-electron chi connectivity index (χ3n) is 3.69. The van der Waals surface area contributed by atoms with Crippen LogP contribution >= 0.6 is 0 Å². The Bertz CT molecular complexity index is 440. The van der Waals surface area contributed by atoms with Gasteiger partial charge in [0.25, 0.3) is 0 Å². The van der Waals surface area contributed by atoms with Gasteiger partial charge in [-0.15, -0.1) is 0 Å². The maximum Gasteiger partial charge on any atom is 0.165 e. The van der Waals surface area contributed by atoms with Crippen molar-refractivity contribution < 1.29 is 9.13 Å². The van der Waals surface area contributed by atoms with E-state index in [2.05, 4.69) is 37.7 Å². The first-order valence-corrected chi connectivity index (χ1v) is 7.36. The van der Waals surface area contributed by atoms with Gasteiger partial charge in [-0.1, -0.05) is 13.0 Å². The van der Waals surface area contributed by atoms with Gasteiger partial charge in [-0.25, -0.2) is 4.39 Å². The van der Waals surface area contributed by atoms with Crippen LogP contribution in [-0.4, -0.2) is 56.7 Å². The van der Waals surface area contributed by atoms with Crippen LogP contribution in [0.5, 0.6) is 5.75 Å². The molecule has 4 nitrogen and oxygen atoms in total. The Labute approximate surface area is 127 Å². The number of hydrogen-bond donors (Lipinski definition) is 1. The van der Waals surface area contributed by atoms with Gasteiger partial charge in [-0.05, 0) is 45.3 Å². The molecule has 0 amide bonds. The molecule has 2 unspecified atom stereocenters. The maximum absolute atomic E-state index is 13.8. The molecule has 1 aromatic rings. The summed E-state index contributed by atoms with van der Waals surface area (Å²) in [5.74, 6) is -0.117. The fraction of sp³-hybridized carbons (Fsp3) is 0.625. The van der Waals surface area contributed by atoms with Crippen LogP contribution in [0.1, 0.15) is 25.5 Å². The number of ether oxygens (including phenoxy) is 1. The highest BCUT2D eigenvalue weighted by atomic mass is 19.1. The van der Waals surface area contributed by atoms with Crippen molar-refractivity contribution in [3.63, 3.8) is 0 Å². The molecule has 0 fully saturated rings. The summed E-state index contributed by atoms with van der Waals surface area (Å²) in [6.45, 7) is 6.90. The first kappa shape index (κ1) is 17.9. The highest BCUT2D eigenvalue weighted by Gasteiger charge is 2.18. The van der Waals surface area contributed by atoms with Gasteiger partial charge in [0.15, 0.2) is 11.6 Å². The maximum atomic E-state index is 13.8. The molecule has 0 aliphatic carbocycles. The lowest BCUT2D eigenvalue weighted by molar-refractivity contribution is 0.172. The van der Waals surface area contributed by atoms with Crippen LogP contribution in [0.3, 0.4) is 0 Å². The van der Waals surface area contributed by atoms with Gasteiger partial charge in [0.1, 0.15) is 0 Å². The molecule has 21 heavy (non-hydrogen) atoms. The largest absolute Gasteiger partial charge is 0.494 e. The molecule has 2 atom stereocenters. The van der Waals surface area contributed by atoms with Gasteiger partial charge < -0.3 is 15.4 Å². The topological polar surface area (TPSA) is 41.7 Å². The van der Waals surface area contributed by atoms with Crippen LogP contribution < -0.4 is 10.5 Å². The summed E-state index contributed by atoms with van der Waals surface area (Å²) in [7, 11) is 5.58. The second kappa shape index (κ2) is 8.32. The molecule has 0 heterocycles. The van der Waals surface area contributed by atoms with Crippen molar-refractivity contribution in [3.05, 3.63) is 29.6 Å². The van der Waals surface area contributed by atoms with E-state index in [0.29, 0.717) is 12.6 Å². The van der Waals surface area contributed by atoms with Gasteiger partial charge in [0.05, 0.1) is 7.11 Å². The fourth-order valence-corrected chi connectivity index (χ4v) is 2.54. The average molecular weight is 297 g/mol. The lowest BCUT2D eigenvalue weighted by Crippen LogP contribution is -2.43. The summed E-state index contributed by atoms with van der Waals surface area (Å²) in [5.41, 5.74) is 7.03. The van der Waals surface area contributed by atoms with Crippen LogP contribution in [0.15, 0.2) is 18.2 Å². The second-order valence-corrected chi connectivity index (χ2v) is 5.70. The molecule has 0 saturated heterocycles. The molecule has 0 bridgehead atoms. The Morgan fingerprint density at radius 3 is 2.43 bits per heavy atom. The van der Waals surface area contributed by atoms with E-state index in [1.807, 2.05) is 6.07 Å². The minimum atomic E-state index is -0.366. The average Bonchev–Trinajstić information content (AvgIpc) is 2.43. The van der Waals surface area contributed by atoms with Crippen molar-refractivity contribution >= 4 is 0 Å². The molecule has 0 radical (unpaired) electrons. The van der Waals surface area contributed by atoms with Gasteiger partial charge in [0.2, 0.25) is 0 Å². The Balaban J connectivity index is 2.73. The van der Waals surface area contributed by atoms with Crippen LogP contribution in [0, 0.1) is 5.82 Å². The molecule has 0 spiro atoms. The zero-order chi connectivity index (χ0) is 16.0. The van der Waals surface area contributed by atoms with E-state index >= 15 is 0 Å². The number of halogens is 1. The van der Waals surface area contributed by atoms with E-state index in [1.165, 1.54) is 13.2 Å². The monoisotopic (exact) mass is 297 g/mol. The molecule has 1 aromatic carbocycles. The van der Waals surface area contributed by atoms with Gasteiger partial charge in [-0.3, -0.25) is 4.90 Å². The molecule has 1 rings (SSSR count). The van der Waals surface area contributed by atoms with Gasteiger partial charge >= 0.3 is 0 Å². The van der Waals surface area contributed by atoms with Crippen molar-refractivity contribution in [1.29, 1.82) is 0 Å². The number of methoxy groups -OCH3 is 1. The SMILES string of the molecule is CCN(CC(N)c1ccc(OC)c(F)c1)C(C)CN(C)C. The van der Waals surface area contributed by atoms with Gasteiger partial charge in [-0.2, -0.15) is 0 Å². The number of hydrogen-bond acceptors (Lipinski definition) is 4. The smallest absolute Gasteiger partial charge is 0.165 e. The van der Waals surface area contributed by atoms with Crippen LogP contribution in [-0.2, 0) is 0 Å². The number of rotatable bonds is 8. The van der Waals surface area contributed by atoms with E-state index < -0.39 is 0 Å². The molecule has 2 N–H and O–H groups in total. The molecule has 0 aliphatic rings. The van der Waals surface area contributed by atoms with E-state index in [-0.39, 0.29) is 17.6 Å². The van der Waals surface area contributed by atoms with E-state index in [4.69, 9.17) is 10.5 Å². The molecule has 120 valence electrons. The normalized spacial score (nSPS) is 14.5. The second-order valence-electron chi connectivity index (χ2n) is 5.70. The van der Waals surface area contributed by atoms with Crippen LogP contribution in [0.4, 0.5) is 4.39 Å². The summed E-state index contributed by atoms with van der Waals surface area (Å²) >= 11 is 0. The van der Waals surface area contributed by atoms with E-state index in [9.17, 15) is 4.39 Å². The van der Waals surface area contributed by atoms with Crippen molar-refractivity contribution in [2.75, 3.05) is 40.8 Å². The Hall–Kier alpha value is -1.17. The minimum absolute atomic E-state index is 0.213. The quantitative estimate of drug-likeness (QED) is 0.798. The lowest BCUT2D eigenvalue weighted by atomic mass is 10.1. The summed E-state index contributed by atoms with van der Waals surface area (Å²) in [6, 6.07) is 5.11. The molecule has 0 aromatic heterocycles. The van der Waals surface area contributed by atoms with E-state index in [0.717, 1.165) is 18.7 Å². The third kappa shape index (κ3) is 5.26. The first-order valence-electron chi connectivity index (χ1n) is 7.36. The predicted molar refractivity (Wildman–Crippen MR) is 85.1 cm³/mol. The number of nitrogens with two attached hydrogens (primary N) is 1. The molecule has 5 heteroatoms. The highest BCUT2D eigenvalue weighted by molar-refractivity contribution is 5.31. The number of nitrogens with zero attached hydrogens (tertiary/aromatic N) is 2. The van der Waals surface area contributed by atoms with Crippen LogP contribution in [0.2, 0.25) is 0 Å². The van der Waals surface area contributed by atoms with Crippen molar-refractivity contribution in [2.24, 2.45) is 5.73 Å². The summed E-state index contributed by atoms with van der Waals surface area (Å²) in [5, 5.41) is 0. The third-order valence-corrected chi connectivity index (χ3v) is 3.69. The molecular weight excluding hydrogens is 269 g/mol. The number of benzene rings is 1. The summed E-state index contributed by atoms with van der Waals surface area (Å²) in [6.07, 6.45) is 0. The van der Waals surface area contributed by atoms with E-state index in [1.54, 1.807) is 6.07 Å². The predicted octanol–water partition coefficient (Wildman–Crippen LogP) is 2.11. The first-order chi connectivity index (χ1) is 9.88. The highest BCUT2D eigenvalue weighted by Crippen LogP contribution is 2.21. The molecule has 0 saturated carbocycles. The van der Waals surface area contributed by atoms with Crippen molar-refractivity contribution in [2.45, 2.75) is 25.9 Å². The van der Waals surface area contributed by atoms with Gasteiger partial charge in [0, 0.05) is 25.2 Å². The lowest BCUT2D eigenvalue weighted by Gasteiger charge is -2.32. The standard InChI is InChI=1S/C16H28FN3O/c1-6-20(12(2)10-19(3)4)11-15(18)13-7-8-16(21-5)14(17)9-13/h7-9,12,15H,6,10-11,18H2,1-5H3. The zero-order valence-electron chi connectivity index (χ0n) is 13.8. The Morgan fingerprint density at radius 2 is 1.95 bits per heavy atom. The van der Waals surface area contributed by atoms with Crippen molar-refractivity contribution in [1.82, 2.24) is 9.80 Å². The molecular formula is C16H28FN3O. The zero-order valence-corrected chi connectivity index (χ0v) is 13.8. The molecule has 0 aliphatic heterocycles. The minimum Gasteiger partial charge on any atom is -0.494 e. The summed E-state index contributed by atoms with van der Waals surface area (Å²) in [4.78, 5) is 4.47. The number of likely N-dealkylation sites (N-methyl/N-ethyl adjacent to an activating group) is 2. The van der Waals surface area contributed by atoms with Crippen LogP contribution in [0.25, 0.3) is 0 Å². The summed E-state index contributed by atoms with van der Waals surface area (Å²) < 4.78 is 18.7.